The number of hydrogen-bond acceptors (Lipinski definition) is 3. The van der Waals surface area contributed by atoms with Crippen molar-refractivity contribution in [2.24, 2.45) is 0 Å². The van der Waals surface area contributed by atoms with Crippen LogP contribution in [-0.2, 0) is 14.9 Å². The van der Waals surface area contributed by atoms with Crippen LogP contribution in [0.5, 0.6) is 0 Å². The molecule has 0 aromatic heterocycles. The number of amides is 1. The van der Waals surface area contributed by atoms with E-state index in [4.69, 9.17) is 4.55 Å². The zero-order valence-electron chi connectivity index (χ0n) is 7.62. The van der Waals surface area contributed by atoms with Gasteiger partial charge in [-0.15, -0.1) is 0 Å². The van der Waals surface area contributed by atoms with Crippen molar-refractivity contribution in [3.05, 3.63) is 0 Å². The van der Waals surface area contributed by atoms with Crippen molar-refractivity contribution >= 4 is 16.0 Å². The summed E-state index contributed by atoms with van der Waals surface area (Å²) in [6.45, 7) is 2.58. The van der Waals surface area contributed by atoms with Gasteiger partial charge in [0.2, 0.25) is 5.91 Å². The third-order valence-corrected chi connectivity index (χ3v) is 2.29. The van der Waals surface area contributed by atoms with E-state index in [0.29, 0.717) is 6.42 Å². The first-order chi connectivity index (χ1) is 5.95. The van der Waals surface area contributed by atoms with E-state index in [0.717, 1.165) is 19.4 Å². The summed E-state index contributed by atoms with van der Waals surface area (Å²) in [5, 5.41) is 2.68. The van der Waals surface area contributed by atoms with E-state index in [-0.39, 0.29) is 11.7 Å². The molecule has 1 aliphatic rings. The average Bonchev–Trinajstić information content (AvgIpc) is 2.38. The number of nitrogens with one attached hydrogen (secondary N) is 1. The molecule has 78 valence electrons. The SMILES string of the molecule is CCCS(=O)(=O)O.O=C1CCCN1. The highest BCUT2D eigenvalue weighted by atomic mass is 32.2. The molecule has 1 heterocycles. The van der Waals surface area contributed by atoms with Crippen molar-refractivity contribution in [3.63, 3.8) is 0 Å². The molecule has 0 saturated carbocycles. The van der Waals surface area contributed by atoms with Gasteiger partial charge in [0.1, 0.15) is 0 Å². The van der Waals surface area contributed by atoms with Gasteiger partial charge in [0, 0.05) is 13.0 Å². The van der Waals surface area contributed by atoms with Gasteiger partial charge in [0.25, 0.3) is 10.1 Å². The van der Waals surface area contributed by atoms with E-state index in [1.54, 1.807) is 6.92 Å². The zero-order valence-corrected chi connectivity index (χ0v) is 8.43. The van der Waals surface area contributed by atoms with Crippen LogP contribution in [0.15, 0.2) is 0 Å². The van der Waals surface area contributed by atoms with Crippen LogP contribution in [0.1, 0.15) is 26.2 Å². The average molecular weight is 209 g/mol. The smallest absolute Gasteiger partial charge is 0.264 e. The molecule has 1 saturated heterocycles. The summed E-state index contributed by atoms with van der Waals surface area (Å²) in [5.41, 5.74) is 0. The van der Waals surface area contributed by atoms with Crippen LogP contribution >= 0.6 is 0 Å². The Morgan fingerprint density at radius 2 is 2.15 bits per heavy atom. The van der Waals surface area contributed by atoms with Gasteiger partial charge >= 0.3 is 0 Å². The minimum absolute atomic E-state index is 0.132. The van der Waals surface area contributed by atoms with Crippen LogP contribution in [0.4, 0.5) is 0 Å². The maximum atomic E-state index is 10.1. The number of carbonyl (C=O) groups excluding carboxylic acids is 1. The Labute approximate surface area is 78.3 Å². The van der Waals surface area contributed by atoms with Crippen molar-refractivity contribution in [3.8, 4) is 0 Å². The molecule has 1 rings (SSSR count). The Morgan fingerprint density at radius 1 is 1.54 bits per heavy atom. The van der Waals surface area contributed by atoms with Gasteiger partial charge in [0.05, 0.1) is 5.75 Å². The highest BCUT2D eigenvalue weighted by Gasteiger charge is 2.05. The Morgan fingerprint density at radius 3 is 2.23 bits per heavy atom. The second-order valence-electron chi connectivity index (χ2n) is 2.74. The molecule has 13 heavy (non-hydrogen) atoms. The molecule has 0 unspecified atom stereocenters. The molecule has 0 spiro atoms. The molecule has 0 aliphatic carbocycles. The van der Waals surface area contributed by atoms with Gasteiger partial charge in [-0.25, -0.2) is 0 Å². The molecule has 6 heteroatoms. The minimum atomic E-state index is -3.67. The lowest BCUT2D eigenvalue weighted by atomic mass is 10.4. The normalized spacial score (nSPS) is 16.0. The van der Waals surface area contributed by atoms with Crippen molar-refractivity contribution in [1.29, 1.82) is 0 Å². The second kappa shape index (κ2) is 5.93. The predicted molar refractivity (Wildman–Crippen MR) is 49.0 cm³/mol. The van der Waals surface area contributed by atoms with Crippen molar-refractivity contribution < 1.29 is 17.8 Å². The standard InChI is InChI=1S/C4H7NO.C3H8O3S/c6-4-2-1-3-5-4;1-2-3-7(4,5)6/h1-3H2,(H,5,6);2-3H2,1H3,(H,4,5,6). The van der Waals surface area contributed by atoms with Gasteiger partial charge in [0.15, 0.2) is 0 Å². The third kappa shape index (κ3) is 9.29. The van der Waals surface area contributed by atoms with Gasteiger partial charge in [-0.05, 0) is 12.8 Å². The minimum Gasteiger partial charge on any atom is -0.356 e. The lowest BCUT2D eigenvalue weighted by molar-refractivity contribution is -0.119. The fraction of sp³-hybridized carbons (Fsp3) is 0.857. The molecule has 0 radical (unpaired) electrons. The molecular formula is C7H15NO4S. The van der Waals surface area contributed by atoms with E-state index in [1.807, 2.05) is 0 Å². The van der Waals surface area contributed by atoms with E-state index < -0.39 is 10.1 Å². The molecule has 1 fully saturated rings. The number of rotatable bonds is 2. The van der Waals surface area contributed by atoms with E-state index in [2.05, 4.69) is 5.32 Å². The van der Waals surface area contributed by atoms with Gasteiger partial charge in [-0.2, -0.15) is 8.42 Å². The lowest BCUT2D eigenvalue weighted by Gasteiger charge is -1.85. The molecule has 0 aromatic carbocycles. The molecule has 2 N–H and O–H groups in total. The van der Waals surface area contributed by atoms with Crippen LogP contribution in [0.25, 0.3) is 0 Å². The predicted octanol–water partition coefficient (Wildman–Crippen LogP) is 0.181. The summed E-state index contributed by atoms with van der Waals surface area (Å²) < 4.78 is 27.6. The van der Waals surface area contributed by atoms with Crippen molar-refractivity contribution in [2.45, 2.75) is 26.2 Å². The Kier molecular flexibility index (Phi) is 5.65. The first kappa shape index (κ1) is 12.4. The van der Waals surface area contributed by atoms with Crippen molar-refractivity contribution in [2.75, 3.05) is 12.3 Å². The van der Waals surface area contributed by atoms with Crippen LogP contribution in [0, 0.1) is 0 Å². The molecule has 1 amide bonds. The quantitative estimate of drug-likeness (QED) is 0.635. The molecule has 0 aromatic rings. The fourth-order valence-corrected chi connectivity index (χ4v) is 1.34. The zero-order chi connectivity index (χ0) is 10.3. The second-order valence-corrected chi connectivity index (χ2v) is 4.31. The molecule has 5 nitrogen and oxygen atoms in total. The topological polar surface area (TPSA) is 83.5 Å². The summed E-state index contributed by atoms with van der Waals surface area (Å²) in [7, 11) is -3.67. The monoisotopic (exact) mass is 209 g/mol. The molecule has 1 aliphatic heterocycles. The largest absolute Gasteiger partial charge is 0.356 e. The van der Waals surface area contributed by atoms with Gasteiger partial charge in [-0.3, -0.25) is 9.35 Å². The molecule has 0 bridgehead atoms. The van der Waals surface area contributed by atoms with Gasteiger partial charge in [-0.1, -0.05) is 6.92 Å². The van der Waals surface area contributed by atoms with Crippen LogP contribution in [-0.4, -0.2) is 31.2 Å². The summed E-state index contributed by atoms with van der Waals surface area (Å²) in [6, 6.07) is 0. The first-order valence-corrected chi connectivity index (χ1v) is 5.78. The maximum Gasteiger partial charge on any atom is 0.264 e. The third-order valence-electron chi connectivity index (χ3n) is 1.36. The van der Waals surface area contributed by atoms with E-state index >= 15 is 0 Å². The number of carbonyl (C=O) groups is 1. The maximum absolute atomic E-state index is 10.1. The van der Waals surface area contributed by atoms with Crippen LogP contribution in [0.2, 0.25) is 0 Å². The van der Waals surface area contributed by atoms with Gasteiger partial charge < -0.3 is 5.32 Å². The Bertz CT molecular complexity index is 239. The fourth-order valence-electron chi connectivity index (χ4n) is 0.823. The summed E-state index contributed by atoms with van der Waals surface area (Å²) in [5.74, 6) is 0.0718. The Hall–Kier alpha value is -0.620. The highest BCUT2D eigenvalue weighted by Crippen LogP contribution is 1.93. The highest BCUT2D eigenvalue weighted by molar-refractivity contribution is 7.85. The van der Waals surface area contributed by atoms with Crippen LogP contribution in [0.3, 0.4) is 0 Å². The Balaban J connectivity index is 0.000000223. The number of hydrogen-bond donors (Lipinski definition) is 2. The van der Waals surface area contributed by atoms with E-state index in [9.17, 15) is 13.2 Å². The molecule has 0 atom stereocenters. The van der Waals surface area contributed by atoms with E-state index in [1.165, 1.54) is 0 Å². The summed E-state index contributed by atoms with van der Waals surface area (Å²) in [4.78, 5) is 10.1. The lowest BCUT2D eigenvalue weighted by Crippen LogP contribution is -2.12. The summed E-state index contributed by atoms with van der Waals surface area (Å²) >= 11 is 0. The first-order valence-electron chi connectivity index (χ1n) is 4.17. The molecular weight excluding hydrogens is 194 g/mol. The van der Waals surface area contributed by atoms with Crippen LogP contribution < -0.4 is 5.32 Å². The van der Waals surface area contributed by atoms with Crippen molar-refractivity contribution in [1.82, 2.24) is 5.32 Å². The summed E-state index contributed by atoms with van der Waals surface area (Å²) in [6.07, 6.45) is 2.23.